The molecule has 5 heteroatoms. The lowest BCUT2D eigenvalue weighted by Crippen LogP contribution is -3.17. The van der Waals surface area contributed by atoms with Crippen molar-refractivity contribution in [3.63, 3.8) is 0 Å². The fourth-order valence-corrected chi connectivity index (χ4v) is 3.61. The molecule has 2 fully saturated rings. The van der Waals surface area contributed by atoms with Crippen LogP contribution in [0.25, 0.3) is 0 Å². The zero-order valence-electron chi connectivity index (χ0n) is 14.6. The number of benzene rings is 1. The first-order valence-corrected chi connectivity index (χ1v) is 9.04. The van der Waals surface area contributed by atoms with Crippen molar-refractivity contribution in [2.24, 2.45) is 5.92 Å². The normalized spacial score (nSPS) is 27.6. The summed E-state index contributed by atoms with van der Waals surface area (Å²) in [6, 6.07) is 7.05. The number of quaternary nitrogens is 1. The summed E-state index contributed by atoms with van der Waals surface area (Å²) in [5, 5.41) is 0. The van der Waals surface area contributed by atoms with Gasteiger partial charge in [-0.05, 0) is 49.4 Å². The van der Waals surface area contributed by atoms with Crippen molar-refractivity contribution in [1.29, 1.82) is 0 Å². The van der Waals surface area contributed by atoms with E-state index in [2.05, 4.69) is 13.8 Å². The summed E-state index contributed by atoms with van der Waals surface area (Å²) in [6.45, 7) is 6.96. The average Bonchev–Trinajstić information content (AvgIpc) is 2.89. The van der Waals surface area contributed by atoms with E-state index in [9.17, 15) is 9.59 Å². The number of hydrogen-bond donors (Lipinski definition) is 1. The zero-order chi connectivity index (χ0) is 17.1. The Hall–Kier alpha value is -1.88. The highest BCUT2D eigenvalue weighted by Crippen LogP contribution is 2.25. The number of hydrogen-bond acceptors (Lipinski definition) is 3. The van der Waals surface area contributed by atoms with Gasteiger partial charge in [0.15, 0.2) is 6.04 Å². The highest BCUT2D eigenvalue weighted by molar-refractivity contribution is 6.21. The number of carbonyl (C=O) groups excluding carboxylic acids is 2. The van der Waals surface area contributed by atoms with Crippen LogP contribution in [0.1, 0.15) is 39.5 Å². The van der Waals surface area contributed by atoms with E-state index in [0.29, 0.717) is 18.7 Å². The monoisotopic (exact) mass is 331 g/mol. The second-order valence-corrected chi connectivity index (χ2v) is 7.01. The van der Waals surface area contributed by atoms with Crippen LogP contribution in [0.4, 0.5) is 5.69 Å². The Balaban J connectivity index is 1.70. The number of likely N-dealkylation sites (tertiary alicyclic amines) is 1. The number of carbonyl (C=O) groups is 2. The van der Waals surface area contributed by atoms with Gasteiger partial charge in [-0.2, -0.15) is 0 Å². The minimum absolute atomic E-state index is 0.0493. The van der Waals surface area contributed by atoms with Crippen molar-refractivity contribution < 1.29 is 19.2 Å². The highest BCUT2D eigenvalue weighted by atomic mass is 16.5. The number of nitrogens with one attached hydrogen (secondary N) is 1. The van der Waals surface area contributed by atoms with Crippen LogP contribution < -0.4 is 14.5 Å². The van der Waals surface area contributed by atoms with Crippen LogP contribution in [-0.4, -0.2) is 37.6 Å². The summed E-state index contributed by atoms with van der Waals surface area (Å²) in [7, 11) is 0. The van der Waals surface area contributed by atoms with E-state index in [-0.39, 0.29) is 17.9 Å². The molecule has 0 aliphatic carbocycles. The Bertz CT molecular complexity index is 591. The summed E-state index contributed by atoms with van der Waals surface area (Å²) >= 11 is 0. The zero-order valence-corrected chi connectivity index (χ0v) is 14.6. The molecule has 0 saturated carbocycles. The van der Waals surface area contributed by atoms with Gasteiger partial charge in [0.05, 0.1) is 31.8 Å². The van der Waals surface area contributed by atoms with Gasteiger partial charge >= 0.3 is 0 Å². The van der Waals surface area contributed by atoms with Crippen molar-refractivity contribution in [2.75, 3.05) is 24.6 Å². The molecular weight excluding hydrogens is 304 g/mol. The molecule has 0 radical (unpaired) electrons. The van der Waals surface area contributed by atoms with Crippen LogP contribution in [0.15, 0.2) is 24.3 Å². The molecule has 2 saturated heterocycles. The van der Waals surface area contributed by atoms with Gasteiger partial charge in [0.1, 0.15) is 5.75 Å². The first-order valence-electron chi connectivity index (χ1n) is 9.04. The number of piperidine rings is 1. The largest absolute Gasteiger partial charge is 0.494 e. The summed E-state index contributed by atoms with van der Waals surface area (Å²) < 4.78 is 5.56. The lowest BCUT2D eigenvalue weighted by molar-refractivity contribution is -0.920. The predicted molar refractivity (Wildman–Crippen MR) is 92.2 cm³/mol. The Morgan fingerprint density at radius 3 is 2.46 bits per heavy atom. The summed E-state index contributed by atoms with van der Waals surface area (Å²) in [5.74, 6) is 1.37. The van der Waals surface area contributed by atoms with Crippen LogP contribution in [0.3, 0.4) is 0 Å². The second kappa shape index (κ2) is 7.34. The Labute approximate surface area is 143 Å². The first-order chi connectivity index (χ1) is 11.6. The molecule has 5 nitrogen and oxygen atoms in total. The van der Waals surface area contributed by atoms with Crippen LogP contribution in [0.2, 0.25) is 0 Å². The SMILES string of the molecule is CCCOc1ccc(N2C(=O)C[C@H]([NH+]3CCC(C)CC3)C2=O)cc1. The second-order valence-electron chi connectivity index (χ2n) is 7.01. The van der Waals surface area contributed by atoms with Gasteiger partial charge in [0.2, 0.25) is 5.91 Å². The fourth-order valence-electron chi connectivity index (χ4n) is 3.61. The van der Waals surface area contributed by atoms with Gasteiger partial charge < -0.3 is 9.64 Å². The molecule has 2 amide bonds. The van der Waals surface area contributed by atoms with E-state index >= 15 is 0 Å². The number of nitrogens with zero attached hydrogens (tertiary/aromatic N) is 1. The highest BCUT2D eigenvalue weighted by Gasteiger charge is 2.46. The van der Waals surface area contributed by atoms with E-state index in [0.717, 1.165) is 44.0 Å². The van der Waals surface area contributed by atoms with Crippen molar-refractivity contribution in [3.05, 3.63) is 24.3 Å². The fraction of sp³-hybridized carbons (Fsp3) is 0.579. The molecule has 0 spiro atoms. The third-order valence-electron chi connectivity index (χ3n) is 5.12. The summed E-state index contributed by atoms with van der Waals surface area (Å²) in [4.78, 5) is 27.9. The first kappa shape index (κ1) is 17.0. The number of ether oxygens (including phenoxy) is 1. The topological polar surface area (TPSA) is 51.0 Å². The van der Waals surface area contributed by atoms with Crippen LogP contribution in [0.5, 0.6) is 5.75 Å². The number of anilines is 1. The molecule has 0 aromatic heterocycles. The molecule has 2 aliphatic heterocycles. The van der Waals surface area contributed by atoms with Crippen LogP contribution >= 0.6 is 0 Å². The molecule has 2 heterocycles. The van der Waals surface area contributed by atoms with E-state index < -0.39 is 0 Å². The van der Waals surface area contributed by atoms with E-state index in [4.69, 9.17) is 4.74 Å². The molecule has 24 heavy (non-hydrogen) atoms. The molecule has 1 N–H and O–H groups in total. The molecule has 3 rings (SSSR count). The maximum absolute atomic E-state index is 12.8. The average molecular weight is 331 g/mol. The molecule has 1 aromatic carbocycles. The van der Waals surface area contributed by atoms with Gasteiger partial charge in [-0.25, -0.2) is 4.90 Å². The molecule has 130 valence electrons. The summed E-state index contributed by atoms with van der Waals surface area (Å²) in [6.07, 6.45) is 3.55. The third-order valence-corrected chi connectivity index (χ3v) is 5.12. The maximum atomic E-state index is 12.8. The van der Waals surface area contributed by atoms with Crippen LogP contribution in [0, 0.1) is 5.92 Å². The summed E-state index contributed by atoms with van der Waals surface area (Å²) in [5.41, 5.74) is 0.654. The van der Waals surface area contributed by atoms with Gasteiger partial charge in [0, 0.05) is 0 Å². The number of rotatable bonds is 5. The number of amides is 2. The van der Waals surface area contributed by atoms with Gasteiger partial charge in [-0.3, -0.25) is 9.59 Å². The molecule has 1 aromatic rings. The number of imide groups is 1. The standard InChI is InChI=1S/C19H26N2O3/c1-3-12-24-16-6-4-15(5-7-16)21-18(22)13-17(19(21)23)20-10-8-14(2)9-11-20/h4-7,14,17H,3,8-13H2,1-2H3/p+1/t17-/m0/s1. The minimum Gasteiger partial charge on any atom is -0.494 e. The molecular formula is C19H27N2O3+. The Kier molecular flexibility index (Phi) is 5.19. The Morgan fingerprint density at radius 2 is 1.83 bits per heavy atom. The van der Waals surface area contributed by atoms with E-state index in [1.54, 1.807) is 12.1 Å². The third kappa shape index (κ3) is 3.46. The lowest BCUT2D eigenvalue weighted by Gasteiger charge is -2.30. The molecule has 2 aliphatic rings. The van der Waals surface area contributed by atoms with Crippen molar-refractivity contribution in [3.8, 4) is 5.75 Å². The Morgan fingerprint density at radius 1 is 1.17 bits per heavy atom. The minimum atomic E-state index is -0.207. The molecule has 1 atom stereocenters. The van der Waals surface area contributed by atoms with Gasteiger partial charge in [-0.15, -0.1) is 0 Å². The van der Waals surface area contributed by atoms with E-state index in [1.807, 2.05) is 12.1 Å². The van der Waals surface area contributed by atoms with E-state index in [1.165, 1.54) is 9.80 Å². The smallest absolute Gasteiger partial charge is 0.292 e. The maximum Gasteiger partial charge on any atom is 0.292 e. The predicted octanol–water partition coefficient (Wildman–Crippen LogP) is 1.42. The van der Waals surface area contributed by atoms with Gasteiger partial charge in [-0.1, -0.05) is 13.8 Å². The van der Waals surface area contributed by atoms with Gasteiger partial charge in [0.25, 0.3) is 5.91 Å². The molecule has 0 unspecified atom stereocenters. The van der Waals surface area contributed by atoms with Crippen LogP contribution in [-0.2, 0) is 9.59 Å². The lowest BCUT2D eigenvalue weighted by atomic mass is 9.97. The van der Waals surface area contributed by atoms with Crippen molar-refractivity contribution >= 4 is 17.5 Å². The van der Waals surface area contributed by atoms with Crippen molar-refractivity contribution in [2.45, 2.75) is 45.6 Å². The molecule has 0 bridgehead atoms. The van der Waals surface area contributed by atoms with Crippen molar-refractivity contribution in [1.82, 2.24) is 0 Å². The quantitative estimate of drug-likeness (QED) is 0.830.